The summed E-state index contributed by atoms with van der Waals surface area (Å²) >= 11 is 0. The second-order valence-electron chi connectivity index (χ2n) is 6.19. The van der Waals surface area contributed by atoms with Crippen molar-refractivity contribution in [2.24, 2.45) is 0 Å². The maximum Gasteiger partial charge on any atom is 0.387 e. The Morgan fingerprint density at radius 3 is 2.56 bits per heavy atom. The minimum absolute atomic E-state index is 0.0576. The number of nitrogens with zero attached hydrogens (tertiary/aromatic N) is 2. The third-order valence-electron chi connectivity index (χ3n) is 4.39. The molecule has 27 heavy (non-hydrogen) atoms. The van der Waals surface area contributed by atoms with Crippen LogP contribution in [-0.4, -0.2) is 37.7 Å². The Kier molecular flexibility index (Phi) is 5.73. The third-order valence-corrected chi connectivity index (χ3v) is 4.39. The number of carbonyl (C=O) groups is 1. The Hall–Kier alpha value is -2.90. The number of benzene rings is 1. The first-order chi connectivity index (χ1) is 13.0. The summed E-state index contributed by atoms with van der Waals surface area (Å²) in [6.07, 6.45) is 2.32. The number of hydrogen-bond acceptors (Lipinski definition) is 5. The molecular weight excluding hydrogens is 356 g/mol. The number of carbonyl (C=O) groups excluding carboxylic acids is 1. The van der Waals surface area contributed by atoms with Crippen LogP contribution in [0.1, 0.15) is 28.9 Å². The van der Waals surface area contributed by atoms with Gasteiger partial charge in [0.15, 0.2) is 11.5 Å². The average Bonchev–Trinajstić information content (AvgIpc) is 3.18. The number of hydrogen-bond donors (Lipinski definition) is 1. The number of rotatable bonds is 6. The fourth-order valence-electron chi connectivity index (χ4n) is 3.00. The molecule has 1 aliphatic heterocycles. The molecule has 0 saturated carbocycles. The summed E-state index contributed by atoms with van der Waals surface area (Å²) in [5, 5.41) is 2.79. The van der Waals surface area contributed by atoms with Crippen molar-refractivity contribution < 1.29 is 23.0 Å². The van der Waals surface area contributed by atoms with E-state index in [-0.39, 0.29) is 17.1 Å². The molecule has 6 nitrogen and oxygen atoms in total. The number of methoxy groups -OCH3 is 1. The lowest BCUT2D eigenvalue weighted by molar-refractivity contribution is -0.0512. The van der Waals surface area contributed by atoms with Gasteiger partial charge in [0.2, 0.25) is 0 Å². The highest BCUT2D eigenvalue weighted by atomic mass is 19.3. The van der Waals surface area contributed by atoms with Gasteiger partial charge >= 0.3 is 6.61 Å². The van der Waals surface area contributed by atoms with Gasteiger partial charge in [-0.3, -0.25) is 4.79 Å². The van der Waals surface area contributed by atoms with Crippen LogP contribution in [0.3, 0.4) is 0 Å². The summed E-state index contributed by atoms with van der Waals surface area (Å²) in [6.45, 7) is 0.840. The summed E-state index contributed by atoms with van der Waals surface area (Å²) < 4.78 is 34.2. The van der Waals surface area contributed by atoms with Crippen LogP contribution in [0.2, 0.25) is 0 Å². The van der Waals surface area contributed by atoms with Gasteiger partial charge in [0, 0.05) is 18.7 Å². The van der Waals surface area contributed by atoms with Crippen molar-refractivity contribution >= 4 is 17.4 Å². The van der Waals surface area contributed by atoms with E-state index in [2.05, 4.69) is 19.9 Å². The van der Waals surface area contributed by atoms with Gasteiger partial charge in [-0.2, -0.15) is 8.78 Å². The summed E-state index contributed by atoms with van der Waals surface area (Å²) in [5.41, 5.74) is 1.56. The lowest BCUT2D eigenvalue weighted by Crippen LogP contribution is -2.20. The molecule has 1 amide bonds. The fourth-order valence-corrected chi connectivity index (χ4v) is 3.00. The number of anilines is 2. The Balaban J connectivity index is 1.75. The molecular formula is C19H21F2N3O3. The summed E-state index contributed by atoms with van der Waals surface area (Å²) in [4.78, 5) is 19.3. The van der Waals surface area contributed by atoms with E-state index in [1.54, 1.807) is 0 Å². The molecule has 0 unspecified atom stereocenters. The Bertz CT molecular complexity index is 824. The molecule has 0 atom stereocenters. The fraction of sp³-hybridized carbons (Fsp3) is 0.368. The lowest BCUT2D eigenvalue weighted by Gasteiger charge is -2.18. The van der Waals surface area contributed by atoms with Gasteiger partial charge in [0.05, 0.1) is 18.5 Å². The highest BCUT2D eigenvalue weighted by Gasteiger charge is 2.17. The number of ether oxygens (including phenoxy) is 2. The zero-order valence-corrected chi connectivity index (χ0v) is 15.2. The highest BCUT2D eigenvalue weighted by molar-refractivity contribution is 6.05. The molecule has 1 saturated heterocycles. The van der Waals surface area contributed by atoms with Gasteiger partial charge in [-0.15, -0.1) is 0 Å². The second-order valence-corrected chi connectivity index (χ2v) is 6.19. The second kappa shape index (κ2) is 8.20. The standard InChI is InChI=1S/C19H21F2N3O3/c1-12-14(6-8-17(22-12)24-9-3-4-10-24)23-18(25)13-5-7-15(27-19(20)21)16(11-13)26-2/h5-8,11,19H,3-4,9-10H2,1-2H3,(H,23,25). The van der Waals surface area contributed by atoms with E-state index in [1.807, 2.05) is 19.1 Å². The molecule has 1 aliphatic rings. The SMILES string of the molecule is COc1cc(C(=O)Nc2ccc(N3CCCC3)nc2C)ccc1OC(F)F. The van der Waals surface area contributed by atoms with E-state index in [0.29, 0.717) is 11.4 Å². The number of halogens is 2. The number of alkyl halides is 2. The van der Waals surface area contributed by atoms with Crippen molar-refractivity contribution in [2.45, 2.75) is 26.4 Å². The first-order valence-electron chi connectivity index (χ1n) is 8.64. The number of aromatic nitrogens is 1. The van der Waals surface area contributed by atoms with Crippen LogP contribution in [0.5, 0.6) is 11.5 Å². The molecule has 1 fully saturated rings. The third kappa shape index (κ3) is 4.45. The first kappa shape index (κ1) is 18.9. The predicted octanol–water partition coefficient (Wildman–Crippen LogP) is 3.85. The Morgan fingerprint density at radius 2 is 1.93 bits per heavy atom. The van der Waals surface area contributed by atoms with Gasteiger partial charge in [0.25, 0.3) is 5.91 Å². The quantitative estimate of drug-likeness (QED) is 0.828. The largest absolute Gasteiger partial charge is 0.493 e. The van der Waals surface area contributed by atoms with Crippen LogP contribution in [-0.2, 0) is 0 Å². The van der Waals surface area contributed by atoms with Gasteiger partial charge in [-0.1, -0.05) is 0 Å². The minimum atomic E-state index is -2.97. The molecule has 0 aliphatic carbocycles. The molecule has 8 heteroatoms. The smallest absolute Gasteiger partial charge is 0.387 e. The molecule has 1 N–H and O–H groups in total. The maximum absolute atomic E-state index is 12.5. The zero-order valence-electron chi connectivity index (χ0n) is 15.2. The van der Waals surface area contributed by atoms with Crippen molar-refractivity contribution in [1.82, 2.24) is 4.98 Å². The molecule has 0 bridgehead atoms. The molecule has 1 aromatic heterocycles. The van der Waals surface area contributed by atoms with Crippen molar-refractivity contribution in [3.8, 4) is 11.5 Å². The van der Waals surface area contributed by atoms with Crippen molar-refractivity contribution in [3.63, 3.8) is 0 Å². The van der Waals surface area contributed by atoms with Crippen molar-refractivity contribution in [3.05, 3.63) is 41.6 Å². The Labute approximate surface area is 156 Å². The normalized spacial score (nSPS) is 13.7. The maximum atomic E-state index is 12.5. The summed E-state index contributed by atoms with van der Waals surface area (Å²) in [6, 6.07) is 7.74. The molecule has 2 heterocycles. The molecule has 0 radical (unpaired) electrons. The van der Waals surface area contributed by atoms with Crippen LogP contribution >= 0.6 is 0 Å². The van der Waals surface area contributed by atoms with Crippen LogP contribution in [0.15, 0.2) is 30.3 Å². The minimum Gasteiger partial charge on any atom is -0.493 e. The van der Waals surface area contributed by atoms with E-state index in [0.717, 1.165) is 31.7 Å². The number of nitrogens with one attached hydrogen (secondary N) is 1. The Morgan fingerprint density at radius 1 is 1.19 bits per heavy atom. The molecule has 144 valence electrons. The van der Waals surface area contributed by atoms with Gasteiger partial charge in [-0.05, 0) is 50.1 Å². The van der Waals surface area contributed by atoms with Gasteiger partial charge in [0.1, 0.15) is 5.82 Å². The summed E-state index contributed by atoms with van der Waals surface area (Å²) in [7, 11) is 1.32. The van der Waals surface area contributed by atoms with E-state index in [9.17, 15) is 13.6 Å². The average molecular weight is 377 g/mol. The first-order valence-corrected chi connectivity index (χ1v) is 8.64. The lowest BCUT2D eigenvalue weighted by atomic mass is 10.1. The molecule has 1 aromatic carbocycles. The molecule has 2 aromatic rings. The van der Waals surface area contributed by atoms with Crippen molar-refractivity contribution in [2.75, 3.05) is 30.4 Å². The molecule has 0 spiro atoms. The van der Waals surface area contributed by atoms with Crippen molar-refractivity contribution in [1.29, 1.82) is 0 Å². The monoisotopic (exact) mass is 377 g/mol. The predicted molar refractivity (Wildman–Crippen MR) is 98.0 cm³/mol. The topological polar surface area (TPSA) is 63.7 Å². The molecule has 3 rings (SSSR count). The highest BCUT2D eigenvalue weighted by Crippen LogP contribution is 2.30. The van der Waals surface area contributed by atoms with Gasteiger partial charge in [-0.25, -0.2) is 4.98 Å². The van der Waals surface area contributed by atoms with Crippen LogP contribution in [0.25, 0.3) is 0 Å². The van der Waals surface area contributed by atoms with Gasteiger partial charge < -0.3 is 19.7 Å². The van der Waals surface area contributed by atoms with Crippen LogP contribution in [0, 0.1) is 6.92 Å². The summed E-state index contributed by atoms with van der Waals surface area (Å²) in [5.74, 6) is 0.438. The van der Waals surface area contributed by atoms with E-state index in [4.69, 9.17) is 4.74 Å². The van der Waals surface area contributed by atoms with Crippen LogP contribution < -0.4 is 19.7 Å². The number of amides is 1. The van der Waals surface area contributed by atoms with Crippen LogP contribution in [0.4, 0.5) is 20.3 Å². The van der Waals surface area contributed by atoms with E-state index >= 15 is 0 Å². The van der Waals surface area contributed by atoms with E-state index in [1.165, 1.54) is 25.3 Å². The zero-order chi connectivity index (χ0) is 19.4. The number of aryl methyl sites for hydroxylation is 1. The number of pyridine rings is 1. The van der Waals surface area contributed by atoms with E-state index < -0.39 is 12.5 Å².